The van der Waals surface area contributed by atoms with Crippen LogP contribution >= 0.6 is 0 Å². The van der Waals surface area contributed by atoms with Crippen molar-refractivity contribution in [3.8, 4) is 0 Å². The van der Waals surface area contributed by atoms with E-state index in [-0.39, 0.29) is 17.8 Å². The zero-order valence-corrected chi connectivity index (χ0v) is 12.8. The van der Waals surface area contributed by atoms with Gasteiger partial charge in [0.15, 0.2) is 5.82 Å². The topological polar surface area (TPSA) is 51.4 Å². The SMILES string of the molecule is CC(C)c1noc(CN2CCO[C@@H](c3ccc(F)cc3)C2)n1. The zero-order valence-electron chi connectivity index (χ0n) is 12.8. The molecule has 0 saturated carbocycles. The van der Waals surface area contributed by atoms with Crippen molar-refractivity contribution in [1.29, 1.82) is 0 Å². The summed E-state index contributed by atoms with van der Waals surface area (Å²) < 4.78 is 24.1. The number of rotatable bonds is 4. The lowest BCUT2D eigenvalue weighted by atomic mass is 10.1. The number of halogens is 1. The molecule has 6 heteroatoms. The van der Waals surface area contributed by atoms with Crippen molar-refractivity contribution in [3.05, 3.63) is 47.4 Å². The molecular weight excluding hydrogens is 285 g/mol. The smallest absolute Gasteiger partial charge is 0.240 e. The fourth-order valence-electron chi connectivity index (χ4n) is 2.48. The molecule has 0 radical (unpaired) electrons. The van der Waals surface area contributed by atoms with Crippen LogP contribution in [0.5, 0.6) is 0 Å². The summed E-state index contributed by atoms with van der Waals surface area (Å²) in [5, 5.41) is 3.98. The number of aromatic nitrogens is 2. The summed E-state index contributed by atoms with van der Waals surface area (Å²) >= 11 is 0. The van der Waals surface area contributed by atoms with Crippen molar-refractivity contribution in [2.75, 3.05) is 19.7 Å². The molecule has 1 saturated heterocycles. The third-order valence-electron chi connectivity index (χ3n) is 3.75. The lowest BCUT2D eigenvalue weighted by Gasteiger charge is -2.32. The van der Waals surface area contributed by atoms with Gasteiger partial charge in [-0.05, 0) is 17.7 Å². The van der Waals surface area contributed by atoms with Crippen LogP contribution in [0.4, 0.5) is 4.39 Å². The molecule has 2 heterocycles. The van der Waals surface area contributed by atoms with E-state index in [9.17, 15) is 4.39 Å². The molecule has 1 aromatic carbocycles. The number of nitrogens with zero attached hydrogens (tertiary/aromatic N) is 3. The molecule has 1 aliphatic rings. The van der Waals surface area contributed by atoms with Crippen LogP contribution in [0.25, 0.3) is 0 Å². The van der Waals surface area contributed by atoms with Crippen molar-refractivity contribution in [2.24, 2.45) is 0 Å². The van der Waals surface area contributed by atoms with E-state index in [1.165, 1.54) is 12.1 Å². The first-order chi connectivity index (χ1) is 10.6. The van der Waals surface area contributed by atoms with E-state index >= 15 is 0 Å². The number of morpholine rings is 1. The first-order valence-corrected chi connectivity index (χ1v) is 7.53. The molecule has 0 unspecified atom stereocenters. The number of hydrogen-bond donors (Lipinski definition) is 0. The summed E-state index contributed by atoms with van der Waals surface area (Å²) in [4.78, 5) is 6.62. The van der Waals surface area contributed by atoms with Gasteiger partial charge in [-0.1, -0.05) is 31.1 Å². The van der Waals surface area contributed by atoms with Crippen LogP contribution < -0.4 is 0 Å². The summed E-state index contributed by atoms with van der Waals surface area (Å²) in [5.74, 6) is 1.39. The molecule has 0 N–H and O–H groups in total. The summed E-state index contributed by atoms with van der Waals surface area (Å²) in [6, 6.07) is 6.47. The largest absolute Gasteiger partial charge is 0.371 e. The molecule has 1 fully saturated rings. The molecule has 0 bridgehead atoms. The van der Waals surface area contributed by atoms with E-state index in [2.05, 4.69) is 15.0 Å². The second-order valence-corrected chi connectivity index (χ2v) is 5.85. The summed E-state index contributed by atoms with van der Waals surface area (Å²) in [5.41, 5.74) is 0.986. The van der Waals surface area contributed by atoms with Gasteiger partial charge in [-0.25, -0.2) is 4.39 Å². The number of hydrogen-bond acceptors (Lipinski definition) is 5. The Hall–Kier alpha value is -1.79. The molecule has 118 valence electrons. The predicted octanol–water partition coefficient (Wildman–Crippen LogP) is 2.91. The van der Waals surface area contributed by atoms with Crippen LogP contribution in [0, 0.1) is 5.82 Å². The second kappa shape index (κ2) is 6.54. The quantitative estimate of drug-likeness (QED) is 0.869. The van der Waals surface area contributed by atoms with Crippen LogP contribution in [0.1, 0.15) is 43.1 Å². The maximum atomic E-state index is 13.0. The van der Waals surface area contributed by atoms with Crippen LogP contribution in [-0.4, -0.2) is 34.7 Å². The molecule has 2 aromatic rings. The molecule has 1 atom stereocenters. The van der Waals surface area contributed by atoms with E-state index in [0.29, 0.717) is 19.0 Å². The lowest BCUT2D eigenvalue weighted by molar-refractivity contribution is -0.0356. The number of benzene rings is 1. The van der Waals surface area contributed by atoms with Crippen LogP contribution in [0.3, 0.4) is 0 Å². The first-order valence-electron chi connectivity index (χ1n) is 7.53. The Morgan fingerprint density at radius 1 is 1.32 bits per heavy atom. The van der Waals surface area contributed by atoms with E-state index in [1.807, 2.05) is 13.8 Å². The predicted molar refractivity (Wildman–Crippen MR) is 78.8 cm³/mol. The Balaban J connectivity index is 1.63. The van der Waals surface area contributed by atoms with E-state index in [0.717, 1.165) is 24.5 Å². The zero-order chi connectivity index (χ0) is 15.5. The van der Waals surface area contributed by atoms with Gasteiger partial charge in [0.05, 0.1) is 19.3 Å². The minimum Gasteiger partial charge on any atom is -0.371 e. The van der Waals surface area contributed by atoms with Crippen molar-refractivity contribution in [3.63, 3.8) is 0 Å². The van der Waals surface area contributed by atoms with Gasteiger partial charge in [0, 0.05) is 19.0 Å². The highest BCUT2D eigenvalue weighted by atomic mass is 19.1. The summed E-state index contributed by atoms with van der Waals surface area (Å²) in [7, 11) is 0. The van der Waals surface area contributed by atoms with Gasteiger partial charge in [0.1, 0.15) is 5.82 Å². The van der Waals surface area contributed by atoms with Gasteiger partial charge < -0.3 is 9.26 Å². The van der Waals surface area contributed by atoms with Crippen molar-refractivity contribution in [2.45, 2.75) is 32.4 Å². The van der Waals surface area contributed by atoms with Gasteiger partial charge >= 0.3 is 0 Å². The molecular formula is C16H20FN3O2. The van der Waals surface area contributed by atoms with Gasteiger partial charge in [0.25, 0.3) is 0 Å². The number of ether oxygens (including phenoxy) is 1. The van der Waals surface area contributed by atoms with Crippen molar-refractivity contribution >= 4 is 0 Å². The van der Waals surface area contributed by atoms with E-state index < -0.39 is 0 Å². The van der Waals surface area contributed by atoms with Crippen LogP contribution in [-0.2, 0) is 11.3 Å². The average Bonchev–Trinajstić information content (AvgIpc) is 2.97. The Labute approximate surface area is 129 Å². The normalized spacial score (nSPS) is 19.7. The molecule has 3 rings (SSSR count). The van der Waals surface area contributed by atoms with Crippen molar-refractivity contribution < 1.29 is 13.7 Å². The second-order valence-electron chi connectivity index (χ2n) is 5.85. The molecule has 5 nitrogen and oxygen atoms in total. The molecule has 1 aromatic heterocycles. The third-order valence-corrected chi connectivity index (χ3v) is 3.75. The average molecular weight is 305 g/mol. The maximum Gasteiger partial charge on any atom is 0.240 e. The summed E-state index contributed by atoms with van der Waals surface area (Å²) in [6.45, 7) is 6.86. The van der Waals surface area contributed by atoms with Gasteiger partial charge in [-0.15, -0.1) is 0 Å². The Morgan fingerprint density at radius 2 is 2.09 bits per heavy atom. The molecule has 22 heavy (non-hydrogen) atoms. The Kier molecular flexibility index (Phi) is 4.49. The van der Waals surface area contributed by atoms with Crippen molar-refractivity contribution in [1.82, 2.24) is 15.0 Å². The molecule has 1 aliphatic heterocycles. The standard InChI is InChI=1S/C16H20FN3O2/c1-11(2)16-18-15(22-19-16)10-20-7-8-21-14(9-20)12-3-5-13(17)6-4-12/h3-6,11,14H,7-10H2,1-2H3/t14-/m1/s1. The highest BCUT2D eigenvalue weighted by Gasteiger charge is 2.23. The molecule has 0 amide bonds. The van der Waals surface area contributed by atoms with Gasteiger partial charge in [0.2, 0.25) is 5.89 Å². The van der Waals surface area contributed by atoms with Gasteiger partial charge in [-0.3, -0.25) is 4.90 Å². The first kappa shape index (κ1) is 15.1. The Bertz CT molecular complexity index is 612. The van der Waals surface area contributed by atoms with Crippen LogP contribution in [0.15, 0.2) is 28.8 Å². The summed E-state index contributed by atoms with van der Waals surface area (Å²) in [6.07, 6.45) is -0.0539. The molecule has 0 aliphatic carbocycles. The van der Waals surface area contributed by atoms with E-state index in [1.54, 1.807) is 12.1 Å². The highest BCUT2D eigenvalue weighted by molar-refractivity contribution is 5.19. The highest BCUT2D eigenvalue weighted by Crippen LogP contribution is 2.23. The van der Waals surface area contributed by atoms with Gasteiger partial charge in [-0.2, -0.15) is 4.98 Å². The maximum absolute atomic E-state index is 13.0. The fraction of sp³-hybridized carbons (Fsp3) is 0.500. The third kappa shape index (κ3) is 3.51. The monoisotopic (exact) mass is 305 g/mol. The van der Waals surface area contributed by atoms with Crippen LogP contribution in [0.2, 0.25) is 0 Å². The molecule has 0 spiro atoms. The van der Waals surface area contributed by atoms with E-state index in [4.69, 9.17) is 9.26 Å². The lowest BCUT2D eigenvalue weighted by Crippen LogP contribution is -2.37. The minimum atomic E-state index is -0.233. The minimum absolute atomic E-state index is 0.0539. The fourth-order valence-corrected chi connectivity index (χ4v) is 2.48. The Morgan fingerprint density at radius 3 is 2.77 bits per heavy atom.